The topological polar surface area (TPSA) is 9.23 Å². The SMILES string of the molecule is Fc1cccc(COc2ccc(CCl)cc2Br)c1. The first-order valence-electron chi connectivity index (χ1n) is 5.40. The maximum atomic E-state index is 13.0. The first-order valence-corrected chi connectivity index (χ1v) is 6.73. The summed E-state index contributed by atoms with van der Waals surface area (Å²) in [6, 6.07) is 12.0. The minimum Gasteiger partial charge on any atom is -0.488 e. The normalized spacial score (nSPS) is 10.4. The fourth-order valence-corrected chi connectivity index (χ4v) is 2.24. The molecule has 0 bridgehead atoms. The molecule has 0 aliphatic carbocycles. The van der Waals surface area contributed by atoms with Crippen molar-refractivity contribution in [2.24, 2.45) is 0 Å². The van der Waals surface area contributed by atoms with Crippen molar-refractivity contribution >= 4 is 27.5 Å². The number of benzene rings is 2. The largest absolute Gasteiger partial charge is 0.488 e. The first kappa shape index (κ1) is 13.4. The Morgan fingerprint density at radius 2 is 1.94 bits per heavy atom. The molecule has 0 aliphatic rings. The van der Waals surface area contributed by atoms with Crippen molar-refractivity contribution in [2.75, 3.05) is 0 Å². The average Bonchev–Trinajstić information content (AvgIpc) is 2.37. The summed E-state index contributed by atoms with van der Waals surface area (Å²) in [5, 5.41) is 0. The zero-order valence-corrected chi connectivity index (χ0v) is 11.8. The van der Waals surface area contributed by atoms with Crippen LogP contribution in [0.25, 0.3) is 0 Å². The summed E-state index contributed by atoms with van der Waals surface area (Å²) in [4.78, 5) is 0. The van der Waals surface area contributed by atoms with Crippen molar-refractivity contribution in [1.29, 1.82) is 0 Å². The van der Waals surface area contributed by atoms with Crippen LogP contribution in [0, 0.1) is 5.82 Å². The molecule has 0 aromatic heterocycles. The molecule has 0 N–H and O–H groups in total. The molecule has 0 saturated carbocycles. The van der Waals surface area contributed by atoms with Gasteiger partial charge in [-0.25, -0.2) is 4.39 Å². The van der Waals surface area contributed by atoms with Gasteiger partial charge in [-0.3, -0.25) is 0 Å². The highest BCUT2D eigenvalue weighted by atomic mass is 79.9. The minimum absolute atomic E-state index is 0.257. The quantitative estimate of drug-likeness (QED) is 0.725. The Bertz CT molecular complexity index is 545. The third kappa shape index (κ3) is 3.47. The van der Waals surface area contributed by atoms with Crippen LogP contribution in [-0.2, 0) is 12.5 Å². The Hall–Kier alpha value is -1.06. The summed E-state index contributed by atoms with van der Waals surface area (Å²) < 4.78 is 19.5. The van der Waals surface area contributed by atoms with E-state index in [4.69, 9.17) is 16.3 Å². The molecule has 2 aromatic rings. The van der Waals surface area contributed by atoms with E-state index < -0.39 is 0 Å². The molecule has 2 rings (SSSR count). The summed E-state index contributed by atoms with van der Waals surface area (Å²) in [5.74, 6) is 0.920. The van der Waals surface area contributed by atoms with E-state index in [1.165, 1.54) is 12.1 Å². The molecule has 2 aromatic carbocycles. The summed E-state index contributed by atoms with van der Waals surface area (Å²) in [5.41, 5.74) is 1.81. The predicted molar refractivity (Wildman–Crippen MR) is 74.4 cm³/mol. The Morgan fingerprint density at radius 3 is 2.61 bits per heavy atom. The lowest BCUT2D eigenvalue weighted by Crippen LogP contribution is -1.96. The van der Waals surface area contributed by atoms with Crippen molar-refractivity contribution in [1.82, 2.24) is 0 Å². The Morgan fingerprint density at radius 1 is 1.11 bits per heavy atom. The molecule has 94 valence electrons. The van der Waals surface area contributed by atoms with E-state index in [1.807, 2.05) is 24.3 Å². The van der Waals surface area contributed by atoms with Gasteiger partial charge in [-0.1, -0.05) is 18.2 Å². The van der Waals surface area contributed by atoms with Crippen molar-refractivity contribution in [3.05, 3.63) is 63.9 Å². The number of hydrogen-bond acceptors (Lipinski definition) is 1. The standard InChI is InChI=1S/C14H11BrClFO/c15-13-7-10(8-16)4-5-14(13)18-9-11-2-1-3-12(17)6-11/h1-7H,8-9H2. The molecule has 0 atom stereocenters. The van der Waals surface area contributed by atoms with Gasteiger partial charge in [0.1, 0.15) is 18.2 Å². The molecule has 0 heterocycles. The molecule has 0 radical (unpaired) electrons. The molecule has 0 spiro atoms. The maximum absolute atomic E-state index is 13.0. The van der Waals surface area contributed by atoms with Crippen molar-refractivity contribution in [2.45, 2.75) is 12.5 Å². The van der Waals surface area contributed by atoms with Gasteiger partial charge in [-0.15, -0.1) is 11.6 Å². The van der Waals surface area contributed by atoms with E-state index in [-0.39, 0.29) is 5.82 Å². The van der Waals surface area contributed by atoms with Gasteiger partial charge in [0, 0.05) is 5.88 Å². The third-order valence-corrected chi connectivity index (χ3v) is 3.36. The Kier molecular flexibility index (Phi) is 4.61. The van der Waals surface area contributed by atoms with Gasteiger partial charge >= 0.3 is 0 Å². The molecule has 0 saturated heterocycles. The fourth-order valence-electron chi connectivity index (χ4n) is 1.53. The molecule has 4 heteroatoms. The van der Waals surface area contributed by atoms with Crippen LogP contribution >= 0.6 is 27.5 Å². The van der Waals surface area contributed by atoms with Gasteiger partial charge in [0.15, 0.2) is 0 Å². The van der Waals surface area contributed by atoms with Gasteiger partial charge in [0.05, 0.1) is 4.47 Å². The van der Waals surface area contributed by atoms with Crippen molar-refractivity contribution in [3.8, 4) is 5.75 Å². The van der Waals surface area contributed by atoms with Gasteiger partial charge in [-0.2, -0.15) is 0 Å². The molecule has 0 amide bonds. The van der Waals surface area contributed by atoms with E-state index >= 15 is 0 Å². The number of rotatable bonds is 4. The van der Waals surface area contributed by atoms with E-state index in [9.17, 15) is 4.39 Å². The van der Waals surface area contributed by atoms with E-state index in [2.05, 4.69) is 15.9 Å². The van der Waals surface area contributed by atoms with E-state index in [1.54, 1.807) is 6.07 Å². The lowest BCUT2D eigenvalue weighted by Gasteiger charge is -2.09. The molecule has 1 nitrogen and oxygen atoms in total. The second-order valence-corrected chi connectivity index (χ2v) is 4.94. The van der Waals surface area contributed by atoms with Gasteiger partial charge in [-0.05, 0) is 51.3 Å². The van der Waals surface area contributed by atoms with Gasteiger partial charge in [0.2, 0.25) is 0 Å². The van der Waals surface area contributed by atoms with Crippen LogP contribution in [0.3, 0.4) is 0 Å². The second kappa shape index (κ2) is 6.21. The minimum atomic E-state index is -0.257. The maximum Gasteiger partial charge on any atom is 0.134 e. The predicted octanol–water partition coefficient (Wildman–Crippen LogP) is 4.91. The highest BCUT2D eigenvalue weighted by molar-refractivity contribution is 9.10. The highest BCUT2D eigenvalue weighted by Crippen LogP contribution is 2.27. The molecular weight excluding hydrogens is 319 g/mol. The number of halogens is 3. The molecule has 0 fully saturated rings. The van der Waals surface area contributed by atoms with Crippen LogP contribution in [0.1, 0.15) is 11.1 Å². The highest BCUT2D eigenvalue weighted by Gasteiger charge is 2.03. The molecule has 0 aliphatic heterocycles. The molecule has 18 heavy (non-hydrogen) atoms. The lowest BCUT2D eigenvalue weighted by atomic mass is 10.2. The Labute approximate surface area is 119 Å². The van der Waals surface area contributed by atoms with Crippen LogP contribution in [0.2, 0.25) is 0 Å². The Balaban J connectivity index is 2.06. The van der Waals surface area contributed by atoms with Crippen LogP contribution in [-0.4, -0.2) is 0 Å². The van der Waals surface area contributed by atoms with E-state index in [0.29, 0.717) is 18.2 Å². The fraction of sp³-hybridized carbons (Fsp3) is 0.143. The van der Waals surface area contributed by atoms with Crippen LogP contribution in [0.15, 0.2) is 46.9 Å². The van der Waals surface area contributed by atoms with E-state index in [0.717, 1.165) is 15.6 Å². The van der Waals surface area contributed by atoms with Crippen molar-refractivity contribution in [3.63, 3.8) is 0 Å². The number of hydrogen-bond donors (Lipinski definition) is 0. The smallest absolute Gasteiger partial charge is 0.134 e. The van der Waals surface area contributed by atoms with Crippen LogP contribution in [0.5, 0.6) is 5.75 Å². The summed E-state index contributed by atoms with van der Waals surface area (Å²) in [6.45, 7) is 0.330. The average molecular weight is 330 g/mol. The molecule has 0 unspecified atom stereocenters. The van der Waals surface area contributed by atoms with Crippen LogP contribution in [0.4, 0.5) is 4.39 Å². The summed E-state index contributed by atoms with van der Waals surface area (Å²) in [7, 11) is 0. The van der Waals surface area contributed by atoms with Gasteiger partial charge in [0.25, 0.3) is 0 Å². The monoisotopic (exact) mass is 328 g/mol. The van der Waals surface area contributed by atoms with Crippen LogP contribution < -0.4 is 4.74 Å². The summed E-state index contributed by atoms with van der Waals surface area (Å²) >= 11 is 9.16. The van der Waals surface area contributed by atoms with Gasteiger partial charge < -0.3 is 4.74 Å². The first-order chi connectivity index (χ1) is 8.69. The number of ether oxygens (including phenoxy) is 1. The number of alkyl halides is 1. The summed E-state index contributed by atoms with van der Waals surface area (Å²) in [6.07, 6.45) is 0. The third-order valence-electron chi connectivity index (χ3n) is 2.43. The van der Waals surface area contributed by atoms with Crippen molar-refractivity contribution < 1.29 is 9.13 Å². The zero-order valence-electron chi connectivity index (χ0n) is 9.50. The second-order valence-electron chi connectivity index (χ2n) is 3.82. The molecular formula is C14H11BrClFO. The lowest BCUT2D eigenvalue weighted by molar-refractivity contribution is 0.303. The zero-order chi connectivity index (χ0) is 13.0.